The molecule has 0 aliphatic rings. The lowest BCUT2D eigenvalue weighted by atomic mass is 10.2. The fourth-order valence-electron chi connectivity index (χ4n) is 1.45. The number of rotatable bonds is 3. The Kier molecular flexibility index (Phi) is 4.22. The van der Waals surface area contributed by atoms with E-state index in [9.17, 15) is 9.50 Å². The Morgan fingerprint density at radius 1 is 1.17 bits per heavy atom. The summed E-state index contributed by atoms with van der Waals surface area (Å²) in [6.45, 7) is -0.231. The van der Waals surface area contributed by atoms with E-state index in [1.807, 2.05) is 0 Å². The van der Waals surface area contributed by atoms with Gasteiger partial charge in [0, 0.05) is 15.1 Å². The van der Waals surface area contributed by atoms with E-state index < -0.39 is 5.82 Å². The monoisotopic (exact) mass is 330 g/mol. The zero-order chi connectivity index (χ0) is 13.1. The van der Waals surface area contributed by atoms with E-state index in [2.05, 4.69) is 15.9 Å². The molecule has 1 N–H and O–H groups in total. The first-order valence-electron chi connectivity index (χ1n) is 5.12. The number of aliphatic hydroxyl groups excluding tert-OH is 1. The maximum absolute atomic E-state index is 13.5. The van der Waals surface area contributed by atoms with E-state index in [1.165, 1.54) is 12.1 Å². The number of halogens is 3. The SMILES string of the molecule is OCc1cc(Cl)ccc1Oc1cc(Br)ccc1F. The number of benzene rings is 2. The lowest BCUT2D eigenvalue weighted by Crippen LogP contribution is -1.93. The summed E-state index contributed by atoms with van der Waals surface area (Å²) in [6, 6.07) is 9.18. The lowest BCUT2D eigenvalue weighted by Gasteiger charge is -2.11. The summed E-state index contributed by atoms with van der Waals surface area (Å²) in [5.74, 6) is -0.0164. The minimum absolute atomic E-state index is 0.0846. The molecular weight excluding hydrogens is 322 g/mol. The zero-order valence-corrected chi connectivity index (χ0v) is 11.5. The Morgan fingerprint density at radius 3 is 2.67 bits per heavy atom. The first-order valence-corrected chi connectivity index (χ1v) is 6.29. The summed E-state index contributed by atoms with van der Waals surface area (Å²) in [7, 11) is 0. The van der Waals surface area contributed by atoms with E-state index in [0.717, 1.165) is 0 Å². The Hall–Kier alpha value is -1.10. The van der Waals surface area contributed by atoms with Crippen molar-refractivity contribution in [2.24, 2.45) is 0 Å². The van der Waals surface area contributed by atoms with Gasteiger partial charge in [-0.3, -0.25) is 0 Å². The van der Waals surface area contributed by atoms with Gasteiger partial charge in [-0.2, -0.15) is 0 Å². The summed E-state index contributed by atoms with van der Waals surface area (Å²) in [6.07, 6.45) is 0. The summed E-state index contributed by atoms with van der Waals surface area (Å²) < 4.78 is 19.7. The van der Waals surface area contributed by atoms with Gasteiger partial charge < -0.3 is 9.84 Å². The molecule has 2 aromatic rings. The number of hydrogen-bond acceptors (Lipinski definition) is 2. The molecule has 0 radical (unpaired) electrons. The van der Waals surface area contributed by atoms with Crippen LogP contribution in [0.1, 0.15) is 5.56 Å². The summed E-state index contributed by atoms with van der Waals surface area (Å²) in [5, 5.41) is 9.69. The van der Waals surface area contributed by atoms with Crippen LogP contribution in [0.5, 0.6) is 11.5 Å². The van der Waals surface area contributed by atoms with Crippen LogP contribution in [0.15, 0.2) is 40.9 Å². The Morgan fingerprint density at radius 2 is 1.94 bits per heavy atom. The highest BCUT2D eigenvalue weighted by Gasteiger charge is 2.09. The highest BCUT2D eigenvalue weighted by Crippen LogP contribution is 2.31. The molecule has 0 saturated heterocycles. The van der Waals surface area contributed by atoms with Crippen molar-refractivity contribution in [1.82, 2.24) is 0 Å². The molecule has 2 nitrogen and oxygen atoms in total. The van der Waals surface area contributed by atoms with Crippen molar-refractivity contribution in [3.8, 4) is 11.5 Å². The van der Waals surface area contributed by atoms with E-state index in [-0.39, 0.29) is 12.4 Å². The third kappa shape index (κ3) is 3.02. The van der Waals surface area contributed by atoms with Crippen molar-refractivity contribution in [3.63, 3.8) is 0 Å². The molecule has 0 unspecified atom stereocenters. The first-order chi connectivity index (χ1) is 8.60. The molecule has 94 valence electrons. The smallest absolute Gasteiger partial charge is 0.165 e. The van der Waals surface area contributed by atoms with E-state index in [4.69, 9.17) is 16.3 Å². The van der Waals surface area contributed by atoms with Crippen molar-refractivity contribution in [2.45, 2.75) is 6.61 Å². The number of ether oxygens (including phenoxy) is 1. The van der Waals surface area contributed by atoms with Crippen molar-refractivity contribution >= 4 is 27.5 Å². The fourth-order valence-corrected chi connectivity index (χ4v) is 1.98. The molecular formula is C13H9BrClFO2. The average Bonchev–Trinajstić information content (AvgIpc) is 2.36. The van der Waals surface area contributed by atoms with Gasteiger partial charge >= 0.3 is 0 Å². The first kappa shape index (κ1) is 13.3. The van der Waals surface area contributed by atoms with Crippen molar-refractivity contribution in [1.29, 1.82) is 0 Å². The van der Waals surface area contributed by atoms with Crippen LogP contribution in [0.3, 0.4) is 0 Å². The van der Waals surface area contributed by atoms with Crippen LogP contribution in [0.25, 0.3) is 0 Å². The number of aliphatic hydroxyl groups is 1. The molecule has 0 spiro atoms. The summed E-state index contributed by atoms with van der Waals surface area (Å²) >= 11 is 9.05. The Balaban J connectivity index is 2.36. The topological polar surface area (TPSA) is 29.5 Å². The van der Waals surface area contributed by atoms with Gasteiger partial charge in [-0.1, -0.05) is 27.5 Å². The van der Waals surface area contributed by atoms with Crippen LogP contribution in [0, 0.1) is 5.82 Å². The van der Waals surface area contributed by atoms with Gasteiger partial charge in [-0.25, -0.2) is 4.39 Å². The molecule has 0 saturated carbocycles. The zero-order valence-electron chi connectivity index (χ0n) is 9.16. The quantitative estimate of drug-likeness (QED) is 0.895. The molecule has 5 heteroatoms. The maximum atomic E-state index is 13.5. The number of hydrogen-bond donors (Lipinski definition) is 1. The van der Waals surface area contributed by atoms with Crippen molar-refractivity contribution in [3.05, 3.63) is 57.3 Å². The van der Waals surface area contributed by atoms with Gasteiger partial charge in [0.1, 0.15) is 5.75 Å². The van der Waals surface area contributed by atoms with Gasteiger partial charge in [-0.05, 0) is 36.4 Å². The predicted molar refractivity (Wildman–Crippen MR) is 71.5 cm³/mol. The van der Waals surface area contributed by atoms with Crippen LogP contribution in [0.4, 0.5) is 4.39 Å². The van der Waals surface area contributed by atoms with Crippen molar-refractivity contribution in [2.75, 3.05) is 0 Å². The summed E-state index contributed by atoms with van der Waals surface area (Å²) in [5.41, 5.74) is 0.502. The average molecular weight is 332 g/mol. The molecule has 0 aliphatic carbocycles. The summed E-state index contributed by atoms with van der Waals surface area (Å²) in [4.78, 5) is 0. The minimum atomic E-state index is -0.475. The maximum Gasteiger partial charge on any atom is 0.165 e. The van der Waals surface area contributed by atoms with Crippen LogP contribution < -0.4 is 4.74 Å². The molecule has 0 amide bonds. The normalized spacial score (nSPS) is 10.4. The third-order valence-electron chi connectivity index (χ3n) is 2.31. The second-order valence-corrected chi connectivity index (χ2v) is 4.94. The highest BCUT2D eigenvalue weighted by molar-refractivity contribution is 9.10. The molecule has 0 heterocycles. The van der Waals surface area contributed by atoms with Gasteiger partial charge in [0.2, 0.25) is 0 Å². The fraction of sp³-hybridized carbons (Fsp3) is 0.0769. The molecule has 2 aromatic carbocycles. The second kappa shape index (κ2) is 5.69. The lowest BCUT2D eigenvalue weighted by molar-refractivity contribution is 0.276. The van der Waals surface area contributed by atoms with Gasteiger partial charge in [-0.15, -0.1) is 0 Å². The molecule has 0 bridgehead atoms. The highest BCUT2D eigenvalue weighted by atomic mass is 79.9. The molecule has 18 heavy (non-hydrogen) atoms. The van der Waals surface area contributed by atoms with Crippen LogP contribution in [-0.4, -0.2) is 5.11 Å². The van der Waals surface area contributed by atoms with Crippen molar-refractivity contribution < 1.29 is 14.2 Å². The Bertz CT molecular complexity index is 575. The standard InChI is InChI=1S/C13H9BrClFO2/c14-9-1-3-11(16)13(6-9)18-12-4-2-10(15)5-8(12)7-17/h1-6,17H,7H2. The van der Waals surface area contributed by atoms with Crippen LogP contribution in [-0.2, 0) is 6.61 Å². The van der Waals surface area contributed by atoms with E-state index in [0.29, 0.717) is 20.8 Å². The van der Waals surface area contributed by atoms with E-state index in [1.54, 1.807) is 24.3 Å². The third-order valence-corrected chi connectivity index (χ3v) is 3.03. The minimum Gasteiger partial charge on any atom is -0.454 e. The molecule has 0 atom stereocenters. The predicted octanol–water partition coefficient (Wildman–Crippen LogP) is 4.53. The van der Waals surface area contributed by atoms with Crippen LogP contribution in [0.2, 0.25) is 5.02 Å². The second-order valence-electron chi connectivity index (χ2n) is 3.59. The largest absolute Gasteiger partial charge is 0.454 e. The van der Waals surface area contributed by atoms with Gasteiger partial charge in [0.25, 0.3) is 0 Å². The Labute approximate surface area is 117 Å². The molecule has 2 rings (SSSR count). The van der Waals surface area contributed by atoms with Gasteiger partial charge in [0.05, 0.1) is 6.61 Å². The molecule has 0 fully saturated rings. The van der Waals surface area contributed by atoms with E-state index >= 15 is 0 Å². The van der Waals surface area contributed by atoms with Gasteiger partial charge in [0.15, 0.2) is 11.6 Å². The van der Waals surface area contributed by atoms with Crippen LogP contribution >= 0.6 is 27.5 Å². The molecule has 0 aliphatic heterocycles. The molecule has 0 aromatic heterocycles.